The fraction of sp³-hybridized carbons (Fsp3) is 0.440. The number of hydrogen-bond donors (Lipinski definition) is 2. The minimum atomic E-state index is -0.314. The molecule has 0 aliphatic carbocycles. The summed E-state index contributed by atoms with van der Waals surface area (Å²) >= 11 is 5.60. The number of benzene rings is 2. The van der Waals surface area contributed by atoms with E-state index in [0.29, 0.717) is 10.7 Å². The molecule has 2 aliphatic rings. The summed E-state index contributed by atoms with van der Waals surface area (Å²) in [6.45, 7) is 5.84. The summed E-state index contributed by atoms with van der Waals surface area (Å²) < 4.78 is 11.5. The van der Waals surface area contributed by atoms with Gasteiger partial charge in [0, 0.05) is 36.3 Å². The van der Waals surface area contributed by atoms with Crippen LogP contribution in [0.4, 0.5) is 5.69 Å². The predicted octanol–water partition coefficient (Wildman–Crippen LogP) is 4.91. The highest BCUT2D eigenvalue weighted by molar-refractivity contribution is 7.80. The topological polar surface area (TPSA) is 62.8 Å². The normalized spacial score (nSPS) is 19.3. The van der Waals surface area contributed by atoms with Crippen LogP contribution in [0.2, 0.25) is 0 Å². The second-order valence-electron chi connectivity index (χ2n) is 9.05. The van der Waals surface area contributed by atoms with E-state index in [-0.39, 0.29) is 17.6 Å². The summed E-state index contributed by atoms with van der Waals surface area (Å²) in [4.78, 5) is 14.6. The van der Waals surface area contributed by atoms with E-state index in [4.69, 9.17) is 21.7 Å². The van der Waals surface area contributed by atoms with Crippen LogP contribution < -0.4 is 20.1 Å². The van der Waals surface area contributed by atoms with Gasteiger partial charge >= 0.3 is 0 Å². The average Bonchev–Trinajstić information content (AvgIpc) is 2.79. The van der Waals surface area contributed by atoms with Gasteiger partial charge in [0.25, 0.3) is 5.91 Å². The highest BCUT2D eigenvalue weighted by Crippen LogP contribution is 2.41. The third-order valence-electron chi connectivity index (χ3n) is 6.01. The van der Waals surface area contributed by atoms with Gasteiger partial charge in [0.15, 0.2) is 5.11 Å². The SMILES string of the molecule is COc1ccc2c(c1)C(NC(=S)Nc1ccc(C(=O)N3CCCCC3)cc1)CC(C)(C)O2. The van der Waals surface area contributed by atoms with Crippen LogP contribution >= 0.6 is 12.2 Å². The van der Waals surface area contributed by atoms with Crippen molar-refractivity contribution in [2.45, 2.75) is 51.2 Å². The second kappa shape index (κ2) is 9.36. The third-order valence-corrected chi connectivity index (χ3v) is 6.23. The second-order valence-corrected chi connectivity index (χ2v) is 9.46. The molecule has 6 nitrogen and oxygen atoms in total. The first-order valence-electron chi connectivity index (χ1n) is 11.2. The molecule has 1 saturated heterocycles. The molecule has 1 amide bonds. The molecule has 2 aromatic rings. The molecule has 4 rings (SSSR count). The van der Waals surface area contributed by atoms with Crippen molar-refractivity contribution in [2.24, 2.45) is 0 Å². The van der Waals surface area contributed by atoms with E-state index in [0.717, 1.165) is 55.1 Å². The molecule has 0 bridgehead atoms. The summed E-state index contributed by atoms with van der Waals surface area (Å²) in [5, 5.41) is 7.20. The van der Waals surface area contributed by atoms with Crippen molar-refractivity contribution in [1.82, 2.24) is 10.2 Å². The van der Waals surface area contributed by atoms with Crippen LogP contribution in [0.15, 0.2) is 42.5 Å². The maximum Gasteiger partial charge on any atom is 0.253 e. The first-order chi connectivity index (χ1) is 15.3. The van der Waals surface area contributed by atoms with Gasteiger partial charge in [0.05, 0.1) is 13.2 Å². The van der Waals surface area contributed by atoms with Crippen molar-refractivity contribution >= 4 is 28.9 Å². The van der Waals surface area contributed by atoms with Crippen LogP contribution in [0, 0.1) is 0 Å². The fourth-order valence-electron chi connectivity index (χ4n) is 4.39. The lowest BCUT2D eigenvalue weighted by Crippen LogP contribution is -2.42. The maximum absolute atomic E-state index is 12.7. The number of thiocarbonyl (C=S) groups is 1. The molecule has 170 valence electrons. The Kier molecular flexibility index (Phi) is 6.55. The number of rotatable bonds is 4. The van der Waals surface area contributed by atoms with Crippen LogP contribution in [-0.4, -0.2) is 41.7 Å². The minimum Gasteiger partial charge on any atom is -0.497 e. The average molecular weight is 454 g/mol. The van der Waals surface area contributed by atoms with E-state index in [1.165, 1.54) is 6.42 Å². The van der Waals surface area contributed by atoms with Gasteiger partial charge in [-0.15, -0.1) is 0 Å². The highest BCUT2D eigenvalue weighted by Gasteiger charge is 2.34. The first-order valence-corrected chi connectivity index (χ1v) is 11.6. The number of amides is 1. The largest absolute Gasteiger partial charge is 0.497 e. The third kappa shape index (κ3) is 5.15. The molecular weight excluding hydrogens is 422 g/mol. The van der Waals surface area contributed by atoms with Gasteiger partial charge in [-0.2, -0.15) is 0 Å². The number of piperidine rings is 1. The number of anilines is 1. The molecule has 1 atom stereocenters. The van der Waals surface area contributed by atoms with Gasteiger partial charge < -0.3 is 25.0 Å². The van der Waals surface area contributed by atoms with Crippen molar-refractivity contribution in [3.05, 3.63) is 53.6 Å². The Hall–Kier alpha value is -2.80. The lowest BCUT2D eigenvalue weighted by molar-refractivity contribution is 0.0694. The van der Waals surface area contributed by atoms with Crippen LogP contribution in [0.3, 0.4) is 0 Å². The monoisotopic (exact) mass is 453 g/mol. The summed E-state index contributed by atoms with van der Waals surface area (Å²) in [6.07, 6.45) is 4.14. The van der Waals surface area contributed by atoms with Gasteiger partial charge in [-0.25, -0.2) is 0 Å². The zero-order valence-corrected chi connectivity index (χ0v) is 19.8. The number of hydrogen-bond acceptors (Lipinski definition) is 4. The Balaban J connectivity index is 1.42. The Bertz CT molecular complexity index is 984. The number of likely N-dealkylation sites (tertiary alicyclic amines) is 1. The van der Waals surface area contributed by atoms with E-state index in [1.807, 2.05) is 47.4 Å². The van der Waals surface area contributed by atoms with E-state index >= 15 is 0 Å². The molecule has 0 saturated carbocycles. The maximum atomic E-state index is 12.7. The lowest BCUT2D eigenvalue weighted by atomic mass is 9.89. The molecule has 7 heteroatoms. The van der Waals surface area contributed by atoms with Gasteiger partial charge in [-0.05, 0) is 87.8 Å². The Morgan fingerprint density at radius 2 is 1.84 bits per heavy atom. The summed E-state index contributed by atoms with van der Waals surface area (Å²) in [5.41, 5.74) is 2.26. The number of nitrogens with zero attached hydrogens (tertiary/aromatic N) is 1. The van der Waals surface area contributed by atoms with Crippen molar-refractivity contribution < 1.29 is 14.3 Å². The highest BCUT2D eigenvalue weighted by atomic mass is 32.1. The molecule has 1 fully saturated rings. The Morgan fingerprint density at radius 1 is 1.12 bits per heavy atom. The van der Waals surface area contributed by atoms with Gasteiger partial charge in [-0.3, -0.25) is 4.79 Å². The lowest BCUT2D eigenvalue weighted by Gasteiger charge is -2.38. The van der Waals surface area contributed by atoms with Gasteiger partial charge in [-0.1, -0.05) is 0 Å². The molecule has 32 heavy (non-hydrogen) atoms. The van der Waals surface area contributed by atoms with Gasteiger partial charge in [0.2, 0.25) is 0 Å². The summed E-state index contributed by atoms with van der Waals surface area (Å²) in [6, 6.07) is 13.3. The van der Waals surface area contributed by atoms with Crippen molar-refractivity contribution in [3.8, 4) is 11.5 Å². The van der Waals surface area contributed by atoms with E-state index in [9.17, 15) is 4.79 Å². The van der Waals surface area contributed by atoms with Crippen LogP contribution in [0.25, 0.3) is 0 Å². The Labute approximate surface area is 195 Å². The molecule has 2 aliphatic heterocycles. The smallest absolute Gasteiger partial charge is 0.253 e. The fourth-order valence-corrected chi connectivity index (χ4v) is 4.65. The summed E-state index contributed by atoms with van der Waals surface area (Å²) in [7, 11) is 1.66. The standard InChI is InChI=1S/C25H31N3O3S/c1-25(2)16-21(20-15-19(30-3)11-12-22(20)31-25)27-24(32)26-18-9-7-17(8-10-18)23(29)28-13-5-4-6-14-28/h7-12,15,21H,4-6,13-14,16H2,1-3H3,(H2,26,27,32). The molecule has 1 unspecified atom stereocenters. The van der Waals surface area contributed by atoms with Gasteiger partial charge in [0.1, 0.15) is 17.1 Å². The molecule has 2 aromatic carbocycles. The minimum absolute atomic E-state index is 0.0104. The van der Waals surface area contributed by atoms with Crippen LogP contribution in [-0.2, 0) is 0 Å². The van der Waals surface area contributed by atoms with Crippen LogP contribution in [0.5, 0.6) is 11.5 Å². The molecule has 0 aromatic heterocycles. The first kappa shape index (κ1) is 22.4. The number of carbonyl (C=O) groups is 1. The van der Waals surface area contributed by atoms with E-state index in [2.05, 4.69) is 24.5 Å². The number of ether oxygens (including phenoxy) is 2. The Morgan fingerprint density at radius 3 is 2.53 bits per heavy atom. The van der Waals surface area contributed by atoms with E-state index in [1.54, 1.807) is 7.11 Å². The number of fused-ring (bicyclic) bond motifs is 1. The van der Waals surface area contributed by atoms with Crippen molar-refractivity contribution in [2.75, 3.05) is 25.5 Å². The number of carbonyl (C=O) groups excluding carboxylic acids is 1. The number of methoxy groups -OCH3 is 1. The predicted molar refractivity (Wildman–Crippen MR) is 131 cm³/mol. The zero-order valence-electron chi connectivity index (χ0n) is 18.9. The van der Waals surface area contributed by atoms with Crippen LogP contribution in [0.1, 0.15) is 61.5 Å². The number of nitrogens with one attached hydrogen (secondary N) is 2. The molecule has 0 spiro atoms. The quantitative estimate of drug-likeness (QED) is 0.642. The van der Waals surface area contributed by atoms with E-state index < -0.39 is 0 Å². The molecule has 2 heterocycles. The van der Waals surface area contributed by atoms with Crippen molar-refractivity contribution in [1.29, 1.82) is 0 Å². The summed E-state index contributed by atoms with van der Waals surface area (Å²) in [5.74, 6) is 1.72. The zero-order chi connectivity index (χ0) is 22.7. The molecule has 0 radical (unpaired) electrons. The molecule has 2 N–H and O–H groups in total. The molecular formula is C25H31N3O3S. The van der Waals surface area contributed by atoms with Crippen molar-refractivity contribution in [3.63, 3.8) is 0 Å².